The summed E-state index contributed by atoms with van der Waals surface area (Å²) in [7, 11) is 1.65. The highest BCUT2D eigenvalue weighted by atomic mass is 19.1. The Morgan fingerprint density at radius 2 is 1.88 bits per heavy atom. The zero-order valence-corrected chi connectivity index (χ0v) is 8.95. The summed E-state index contributed by atoms with van der Waals surface area (Å²) in [5, 5.41) is 2.73. The first-order chi connectivity index (χ1) is 8.17. The molecule has 1 N–H and O–H groups in total. The largest absolute Gasteiger partial charge is 0.439 e. The molecule has 0 radical (unpaired) electrons. The lowest BCUT2D eigenvalue weighted by Gasteiger charge is -2.05. The Hall–Kier alpha value is -2.24. The minimum absolute atomic E-state index is 0.0447. The molecule has 17 heavy (non-hydrogen) atoms. The predicted molar refractivity (Wildman–Crippen MR) is 58.0 cm³/mol. The summed E-state index contributed by atoms with van der Waals surface area (Å²) in [5.74, 6) is -0.803. The Kier molecular flexibility index (Phi) is 3.13. The van der Waals surface area contributed by atoms with E-state index in [1.165, 1.54) is 12.3 Å². The van der Waals surface area contributed by atoms with E-state index in [1.807, 2.05) is 0 Å². The van der Waals surface area contributed by atoms with E-state index in [-0.39, 0.29) is 11.6 Å². The van der Waals surface area contributed by atoms with E-state index in [0.717, 1.165) is 18.2 Å². The van der Waals surface area contributed by atoms with Crippen LogP contribution in [0.2, 0.25) is 0 Å². The van der Waals surface area contributed by atoms with E-state index in [9.17, 15) is 8.78 Å². The maximum atomic E-state index is 12.9. The lowest BCUT2D eigenvalue weighted by atomic mass is 10.3. The normalized spacial score (nSPS) is 10.1. The quantitative estimate of drug-likeness (QED) is 0.891. The number of nitrogens with one attached hydrogen (secondary N) is 1. The molecule has 88 valence electrons. The maximum absolute atomic E-state index is 12.9. The Labute approximate surface area is 96.3 Å². The topological polar surface area (TPSA) is 47.0 Å². The standard InChI is InChI=1S/C11H9F2N3O/c1-14-11-15-3-2-10(16-11)17-9-5-7(12)4-8(13)6-9/h2-6H,1H3,(H,14,15,16). The summed E-state index contributed by atoms with van der Waals surface area (Å²) in [6, 6.07) is 4.41. The molecule has 0 saturated heterocycles. The smallest absolute Gasteiger partial charge is 0.225 e. The van der Waals surface area contributed by atoms with Gasteiger partial charge in [-0.15, -0.1) is 0 Å². The predicted octanol–water partition coefficient (Wildman–Crippen LogP) is 2.59. The summed E-state index contributed by atoms with van der Waals surface area (Å²) < 4.78 is 31.0. The summed E-state index contributed by atoms with van der Waals surface area (Å²) in [5.41, 5.74) is 0. The molecule has 1 aromatic heterocycles. The van der Waals surface area contributed by atoms with Crippen LogP contribution in [0.1, 0.15) is 0 Å². The van der Waals surface area contributed by atoms with Crippen molar-refractivity contribution < 1.29 is 13.5 Å². The maximum Gasteiger partial charge on any atom is 0.225 e. The van der Waals surface area contributed by atoms with Gasteiger partial charge in [0.15, 0.2) is 0 Å². The van der Waals surface area contributed by atoms with Crippen LogP contribution >= 0.6 is 0 Å². The van der Waals surface area contributed by atoms with Crippen molar-refractivity contribution in [3.63, 3.8) is 0 Å². The molecular formula is C11H9F2N3O. The minimum Gasteiger partial charge on any atom is -0.439 e. The third kappa shape index (κ3) is 2.87. The van der Waals surface area contributed by atoms with Crippen molar-refractivity contribution in [1.29, 1.82) is 0 Å². The van der Waals surface area contributed by atoms with Crippen molar-refractivity contribution in [2.45, 2.75) is 0 Å². The Bertz CT molecular complexity index is 514. The van der Waals surface area contributed by atoms with Gasteiger partial charge in [-0.25, -0.2) is 13.8 Å². The fourth-order valence-electron chi connectivity index (χ4n) is 1.23. The van der Waals surface area contributed by atoms with E-state index in [1.54, 1.807) is 7.05 Å². The third-order valence-corrected chi connectivity index (χ3v) is 1.91. The lowest BCUT2D eigenvalue weighted by Crippen LogP contribution is -1.97. The van der Waals surface area contributed by atoms with Crippen LogP contribution in [0.5, 0.6) is 11.6 Å². The summed E-state index contributed by atoms with van der Waals surface area (Å²) in [6.07, 6.45) is 1.48. The monoisotopic (exact) mass is 237 g/mol. The van der Waals surface area contributed by atoms with Crippen LogP contribution in [0.3, 0.4) is 0 Å². The average Bonchev–Trinajstić information content (AvgIpc) is 2.28. The van der Waals surface area contributed by atoms with Gasteiger partial charge in [0, 0.05) is 37.5 Å². The molecule has 0 aliphatic carbocycles. The fourth-order valence-corrected chi connectivity index (χ4v) is 1.23. The highest BCUT2D eigenvalue weighted by molar-refractivity contribution is 5.31. The van der Waals surface area contributed by atoms with Gasteiger partial charge in [-0.1, -0.05) is 0 Å². The molecule has 0 aliphatic rings. The molecule has 2 aromatic rings. The molecule has 0 bridgehead atoms. The lowest BCUT2D eigenvalue weighted by molar-refractivity contribution is 0.451. The number of halogens is 2. The summed E-state index contributed by atoms with van der Waals surface area (Å²) >= 11 is 0. The van der Waals surface area contributed by atoms with Gasteiger partial charge in [-0.2, -0.15) is 4.98 Å². The Morgan fingerprint density at radius 1 is 1.18 bits per heavy atom. The van der Waals surface area contributed by atoms with Gasteiger partial charge in [0.2, 0.25) is 11.8 Å². The average molecular weight is 237 g/mol. The molecule has 1 heterocycles. The van der Waals surface area contributed by atoms with Crippen LogP contribution in [0.4, 0.5) is 14.7 Å². The molecule has 1 aromatic carbocycles. The van der Waals surface area contributed by atoms with Gasteiger partial charge in [0.25, 0.3) is 0 Å². The van der Waals surface area contributed by atoms with Crippen molar-refractivity contribution in [2.24, 2.45) is 0 Å². The van der Waals surface area contributed by atoms with Crippen LogP contribution in [0.25, 0.3) is 0 Å². The molecule has 2 rings (SSSR count). The molecule has 0 fully saturated rings. The first-order valence-electron chi connectivity index (χ1n) is 4.82. The molecule has 6 heteroatoms. The van der Waals surface area contributed by atoms with Gasteiger partial charge in [-0.3, -0.25) is 0 Å². The van der Waals surface area contributed by atoms with Gasteiger partial charge >= 0.3 is 0 Å². The van der Waals surface area contributed by atoms with Crippen LogP contribution < -0.4 is 10.1 Å². The number of ether oxygens (including phenoxy) is 1. The van der Waals surface area contributed by atoms with Gasteiger partial charge in [-0.05, 0) is 0 Å². The molecular weight excluding hydrogens is 228 g/mol. The van der Waals surface area contributed by atoms with Crippen molar-refractivity contribution in [2.75, 3.05) is 12.4 Å². The minimum atomic E-state index is -0.706. The van der Waals surface area contributed by atoms with E-state index in [4.69, 9.17) is 4.74 Å². The zero-order valence-electron chi connectivity index (χ0n) is 8.95. The summed E-state index contributed by atoms with van der Waals surface area (Å²) in [6.45, 7) is 0. The summed E-state index contributed by atoms with van der Waals surface area (Å²) in [4.78, 5) is 7.84. The van der Waals surface area contributed by atoms with E-state index >= 15 is 0 Å². The van der Waals surface area contributed by atoms with E-state index < -0.39 is 11.6 Å². The number of rotatable bonds is 3. The van der Waals surface area contributed by atoms with Crippen LogP contribution in [-0.4, -0.2) is 17.0 Å². The molecule has 0 amide bonds. The molecule has 0 saturated carbocycles. The van der Waals surface area contributed by atoms with Crippen molar-refractivity contribution in [3.8, 4) is 11.6 Å². The second-order valence-corrected chi connectivity index (χ2v) is 3.18. The van der Waals surface area contributed by atoms with Crippen LogP contribution in [-0.2, 0) is 0 Å². The van der Waals surface area contributed by atoms with Crippen LogP contribution in [0, 0.1) is 11.6 Å². The van der Waals surface area contributed by atoms with Gasteiger partial charge in [0.05, 0.1) is 0 Å². The van der Waals surface area contributed by atoms with Gasteiger partial charge in [0.1, 0.15) is 17.4 Å². The highest BCUT2D eigenvalue weighted by Gasteiger charge is 2.04. The highest BCUT2D eigenvalue weighted by Crippen LogP contribution is 2.21. The molecule has 0 unspecified atom stereocenters. The first-order valence-corrected chi connectivity index (χ1v) is 4.82. The number of hydrogen-bond donors (Lipinski definition) is 1. The molecule has 0 aliphatic heterocycles. The third-order valence-electron chi connectivity index (χ3n) is 1.91. The Morgan fingerprint density at radius 3 is 2.53 bits per heavy atom. The molecule has 4 nitrogen and oxygen atoms in total. The van der Waals surface area contributed by atoms with Gasteiger partial charge < -0.3 is 10.1 Å². The molecule has 0 atom stereocenters. The van der Waals surface area contributed by atoms with Crippen molar-refractivity contribution in [1.82, 2.24) is 9.97 Å². The van der Waals surface area contributed by atoms with E-state index in [0.29, 0.717) is 5.95 Å². The Balaban J connectivity index is 2.24. The number of aromatic nitrogens is 2. The van der Waals surface area contributed by atoms with Crippen molar-refractivity contribution in [3.05, 3.63) is 42.1 Å². The van der Waals surface area contributed by atoms with E-state index in [2.05, 4.69) is 15.3 Å². The molecule has 0 spiro atoms. The zero-order chi connectivity index (χ0) is 12.3. The number of benzene rings is 1. The van der Waals surface area contributed by atoms with Crippen molar-refractivity contribution >= 4 is 5.95 Å². The fraction of sp³-hybridized carbons (Fsp3) is 0.0909. The van der Waals surface area contributed by atoms with Crippen LogP contribution in [0.15, 0.2) is 30.5 Å². The number of hydrogen-bond acceptors (Lipinski definition) is 4. The number of anilines is 1. The second kappa shape index (κ2) is 4.73. The first kappa shape index (κ1) is 11.3. The SMILES string of the molecule is CNc1nccc(Oc2cc(F)cc(F)c2)n1. The number of nitrogens with zero attached hydrogens (tertiary/aromatic N) is 2. The second-order valence-electron chi connectivity index (χ2n) is 3.18.